The predicted octanol–water partition coefficient (Wildman–Crippen LogP) is 3.67. The normalized spacial score (nSPS) is 17.6. The van der Waals surface area contributed by atoms with Crippen LogP contribution in [0, 0.1) is 5.92 Å². The summed E-state index contributed by atoms with van der Waals surface area (Å²) in [7, 11) is 4.18. The summed E-state index contributed by atoms with van der Waals surface area (Å²) in [5.41, 5.74) is 3.38. The van der Waals surface area contributed by atoms with Crippen LogP contribution in [-0.2, 0) is 11.2 Å². The van der Waals surface area contributed by atoms with E-state index in [1.165, 1.54) is 5.56 Å². The zero-order chi connectivity index (χ0) is 16.8. The van der Waals surface area contributed by atoms with Crippen LogP contribution in [0.4, 0.5) is 5.69 Å². The molecule has 124 valence electrons. The lowest BCUT2D eigenvalue weighted by Gasteiger charge is -2.36. The first-order valence-electron chi connectivity index (χ1n) is 8.34. The van der Waals surface area contributed by atoms with Gasteiger partial charge in [0, 0.05) is 25.2 Å². The number of fused-ring (bicyclic) bond motifs is 1. The number of amides is 1. The van der Waals surface area contributed by atoms with E-state index in [4.69, 9.17) is 0 Å². The second kappa shape index (κ2) is 8.11. The Kier molecular flexibility index (Phi) is 6.17. The van der Waals surface area contributed by atoms with E-state index in [1.54, 1.807) is 0 Å². The first kappa shape index (κ1) is 17.5. The lowest BCUT2D eigenvalue weighted by atomic mass is 9.91. The van der Waals surface area contributed by atoms with Gasteiger partial charge in [-0.15, -0.1) is 0 Å². The van der Waals surface area contributed by atoms with Crippen LogP contribution in [0.2, 0.25) is 0 Å². The first-order chi connectivity index (χ1) is 11.0. The molecule has 0 spiro atoms. The Bertz CT molecular complexity index is 589. The van der Waals surface area contributed by atoms with Gasteiger partial charge in [-0.05, 0) is 51.4 Å². The summed E-state index contributed by atoms with van der Waals surface area (Å²) in [6.07, 6.45) is 6.23. The highest BCUT2D eigenvalue weighted by Crippen LogP contribution is 2.30. The number of anilines is 1. The zero-order valence-corrected chi connectivity index (χ0v) is 14.6. The fraction of sp³-hybridized carbons (Fsp3) is 0.450. The smallest absolute Gasteiger partial charge is 0.227 e. The van der Waals surface area contributed by atoms with E-state index in [0.29, 0.717) is 12.3 Å². The summed E-state index contributed by atoms with van der Waals surface area (Å²) < 4.78 is 0. The molecule has 1 aliphatic rings. The van der Waals surface area contributed by atoms with Gasteiger partial charge in [0.2, 0.25) is 5.91 Å². The molecule has 1 aromatic rings. The molecular formula is C20H28N2O. The summed E-state index contributed by atoms with van der Waals surface area (Å²) >= 11 is 0. The van der Waals surface area contributed by atoms with E-state index in [-0.39, 0.29) is 5.91 Å². The van der Waals surface area contributed by atoms with Crippen LogP contribution < -0.4 is 4.90 Å². The van der Waals surface area contributed by atoms with Crippen LogP contribution >= 0.6 is 0 Å². The van der Waals surface area contributed by atoms with Gasteiger partial charge in [-0.3, -0.25) is 4.79 Å². The lowest BCUT2D eigenvalue weighted by molar-refractivity contribution is -0.118. The Labute approximate surface area is 140 Å². The molecular weight excluding hydrogens is 284 g/mol. The van der Waals surface area contributed by atoms with Crippen LogP contribution in [0.25, 0.3) is 0 Å². The molecule has 0 aliphatic carbocycles. The highest BCUT2D eigenvalue weighted by atomic mass is 16.2. The van der Waals surface area contributed by atoms with Crippen LogP contribution in [0.5, 0.6) is 0 Å². The summed E-state index contributed by atoms with van der Waals surface area (Å²) in [4.78, 5) is 16.9. The van der Waals surface area contributed by atoms with E-state index >= 15 is 0 Å². The quantitative estimate of drug-likeness (QED) is 0.748. The number of carbonyl (C=O) groups is 1. The van der Waals surface area contributed by atoms with Gasteiger partial charge in [-0.1, -0.05) is 42.5 Å². The average Bonchev–Trinajstić information content (AvgIpc) is 2.51. The summed E-state index contributed by atoms with van der Waals surface area (Å²) in [6.45, 7) is 7.78. The van der Waals surface area contributed by atoms with Crippen LogP contribution in [0.3, 0.4) is 0 Å². The van der Waals surface area contributed by atoms with Gasteiger partial charge in [0.25, 0.3) is 0 Å². The van der Waals surface area contributed by atoms with Gasteiger partial charge >= 0.3 is 0 Å². The number of hydrogen-bond acceptors (Lipinski definition) is 2. The summed E-state index contributed by atoms with van der Waals surface area (Å²) in [5.74, 6) is 0.689. The van der Waals surface area contributed by atoms with E-state index < -0.39 is 0 Å². The Balaban J connectivity index is 2.12. The number of rotatable bonds is 6. The minimum absolute atomic E-state index is 0.201. The third kappa shape index (κ3) is 4.80. The van der Waals surface area contributed by atoms with Gasteiger partial charge in [-0.25, -0.2) is 0 Å². The van der Waals surface area contributed by atoms with Gasteiger partial charge in [0.05, 0.1) is 0 Å². The van der Waals surface area contributed by atoms with Gasteiger partial charge < -0.3 is 9.80 Å². The van der Waals surface area contributed by atoms with Gasteiger partial charge in [0.15, 0.2) is 0 Å². The molecule has 3 heteroatoms. The largest absolute Gasteiger partial charge is 0.312 e. The lowest BCUT2D eigenvalue weighted by Crippen LogP contribution is -2.43. The van der Waals surface area contributed by atoms with Crippen LogP contribution in [-0.4, -0.2) is 38.0 Å². The average molecular weight is 312 g/mol. The van der Waals surface area contributed by atoms with Crippen molar-refractivity contribution >= 4 is 11.6 Å². The molecule has 0 N–H and O–H groups in total. The third-order valence-corrected chi connectivity index (χ3v) is 4.22. The maximum absolute atomic E-state index is 12.7. The Hall–Kier alpha value is -1.87. The molecule has 0 saturated heterocycles. The third-order valence-electron chi connectivity index (χ3n) is 4.22. The molecule has 0 bridgehead atoms. The predicted molar refractivity (Wildman–Crippen MR) is 97.7 cm³/mol. The minimum Gasteiger partial charge on any atom is -0.312 e. The van der Waals surface area contributed by atoms with Crippen molar-refractivity contribution in [2.45, 2.75) is 26.2 Å². The Morgan fingerprint density at radius 1 is 1.35 bits per heavy atom. The molecule has 0 radical (unpaired) electrons. The number of nitrogens with zero attached hydrogens (tertiary/aromatic N) is 2. The van der Waals surface area contributed by atoms with Crippen molar-refractivity contribution in [2.24, 2.45) is 5.92 Å². The highest BCUT2D eigenvalue weighted by molar-refractivity contribution is 5.94. The number of benzene rings is 1. The zero-order valence-electron chi connectivity index (χ0n) is 14.6. The Morgan fingerprint density at radius 3 is 2.78 bits per heavy atom. The monoisotopic (exact) mass is 312 g/mol. The SMILES string of the molecule is C=C(/C=C\C)CCC(=O)N1CC(CN(C)C)Cc2ccccc21. The maximum Gasteiger partial charge on any atom is 0.227 e. The molecule has 0 saturated carbocycles. The molecule has 1 aliphatic heterocycles. The Morgan fingerprint density at radius 2 is 2.09 bits per heavy atom. The summed E-state index contributed by atoms with van der Waals surface area (Å²) in [6, 6.07) is 8.30. The number of para-hydroxylation sites is 1. The number of allylic oxidation sites excluding steroid dienone is 3. The number of hydrogen-bond donors (Lipinski definition) is 0. The van der Waals surface area contributed by atoms with Crippen LogP contribution in [0.1, 0.15) is 25.3 Å². The van der Waals surface area contributed by atoms with E-state index in [0.717, 1.165) is 37.2 Å². The van der Waals surface area contributed by atoms with Crippen molar-refractivity contribution in [3.05, 3.63) is 54.1 Å². The van der Waals surface area contributed by atoms with Crippen molar-refractivity contribution in [1.82, 2.24) is 4.90 Å². The van der Waals surface area contributed by atoms with E-state index in [2.05, 4.69) is 43.8 Å². The molecule has 3 nitrogen and oxygen atoms in total. The topological polar surface area (TPSA) is 23.6 Å². The van der Waals surface area contributed by atoms with Crippen molar-refractivity contribution in [2.75, 3.05) is 32.1 Å². The molecule has 1 heterocycles. The number of carbonyl (C=O) groups excluding carboxylic acids is 1. The van der Waals surface area contributed by atoms with Crippen molar-refractivity contribution in [3.63, 3.8) is 0 Å². The van der Waals surface area contributed by atoms with Crippen molar-refractivity contribution in [3.8, 4) is 0 Å². The van der Waals surface area contributed by atoms with Gasteiger partial charge in [-0.2, -0.15) is 0 Å². The maximum atomic E-state index is 12.7. The van der Waals surface area contributed by atoms with E-state index in [9.17, 15) is 4.79 Å². The molecule has 0 aromatic heterocycles. The van der Waals surface area contributed by atoms with Crippen molar-refractivity contribution in [1.29, 1.82) is 0 Å². The molecule has 1 atom stereocenters. The highest BCUT2D eigenvalue weighted by Gasteiger charge is 2.28. The van der Waals surface area contributed by atoms with Crippen molar-refractivity contribution < 1.29 is 4.79 Å². The molecule has 0 fully saturated rings. The molecule has 1 aromatic carbocycles. The van der Waals surface area contributed by atoms with Crippen LogP contribution in [0.15, 0.2) is 48.6 Å². The fourth-order valence-corrected chi connectivity index (χ4v) is 3.28. The molecule has 23 heavy (non-hydrogen) atoms. The molecule has 1 amide bonds. The molecule has 1 unspecified atom stereocenters. The minimum atomic E-state index is 0.201. The second-order valence-corrected chi connectivity index (χ2v) is 6.62. The first-order valence-corrected chi connectivity index (χ1v) is 8.34. The molecule has 2 rings (SSSR count). The summed E-state index contributed by atoms with van der Waals surface area (Å²) in [5, 5.41) is 0. The van der Waals surface area contributed by atoms with Gasteiger partial charge in [0.1, 0.15) is 0 Å². The standard InChI is InChI=1S/C20H28N2O/c1-5-8-16(2)11-12-20(23)22-15-17(14-21(3)4)13-18-9-6-7-10-19(18)22/h5-10,17H,2,11-15H2,1,3-4H3/b8-5-. The fourth-order valence-electron chi connectivity index (χ4n) is 3.28. The second-order valence-electron chi connectivity index (χ2n) is 6.62. The van der Waals surface area contributed by atoms with E-state index in [1.807, 2.05) is 30.0 Å².